The Hall–Kier alpha value is -3.02. The zero-order valence-electron chi connectivity index (χ0n) is 14.9. The van der Waals surface area contributed by atoms with Gasteiger partial charge in [0.25, 0.3) is 5.91 Å². The number of benzene rings is 2. The average molecular weight is 353 g/mol. The second-order valence-corrected chi connectivity index (χ2v) is 6.03. The van der Waals surface area contributed by atoms with Crippen LogP contribution >= 0.6 is 0 Å². The molecule has 0 bridgehead atoms. The lowest BCUT2D eigenvalue weighted by Gasteiger charge is -2.34. The molecule has 1 fully saturated rings. The highest BCUT2D eigenvalue weighted by Crippen LogP contribution is 2.26. The van der Waals surface area contributed by atoms with Crippen LogP contribution in [0.2, 0.25) is 0 Å². The highest BCUT2D eigenvalue weighted by atomic mass is 16.5. The summed E-state index contributed by atoms with van der Waals surface area (Å²) in [6.45, 7) is 4.56. The minimum Gasteiger partial charge on any atom is -0.457 e. The highest BCUT2D eigenvalue weighted by Gasteiger charge is 2.26. The van der Waals surface area contributed by atoms with Crippen molar-refractivity contribution < 1.29 is 14.3 Å². The van der Waals surface area contributed by atoms with E-state index < -0.39 is 0 Å². The summed E-state index contributed by atoms with van der Waals surface area (Å²) in [7, 11) is 0. The van der Waals surface area contributed by atoms with Crippen molar-refractivity contribution in [3.63, 3.8) is 0 Å². The number of nitrogens with zero attached hydrogens (tertiary/aromatic N) is 2. The Bertz CT molecular complexity index is 756. The molecule has 0 radical (unpaired) electrons. The third kappa shape index (κ3) is 4.14. The lowest BCUT2D eigenvalue weighted by atomic mass is 10.1. The molecule has 2 aromatic carbocycles. The SMILES string of the molecule is CCNC(=O)N1CCN(C(=O)c2ccccc2Oc2ccccc2)CC1. The van der Waals surface area contributed by atoms with Crippen LogP contribution in [0.15, 0.2) is 54.6 Å². The molecule has 0 aromatic heterocycles. The summed E-state index contributed by atoms with van der Waals surface area (Å²) in [5, 5.41) is 2.79. The van der Waals surface area contributed by atoms with E-state index in [0.29, 0.717) is 49.8 Å². The van der Waals surface area contributed by atoms with E-state index in [-0.39, 0.29) is 11.9 Å². The van der Waals surface area contributed by atoms with E-state index in [9.17, 15) is 9.59 Å². The summed E-state index contributed by atoms with van der Waals surface area (Å²) < 4.78 is 5.89. The van der Waals surface area contributed by atoms with Crippen LogP contribution in [-0.4, -0.2) is 54.5 Å². The topological polar surface area (TPSA) is 61.9 Å². The van der Waals surface area contributed by atoms with Crippen LogP contribution < -0.4 is 10.1 Å². The number of hydrogen-bond acceptors (Lipinski definition) is 3. The summed E-state index contributed by atoms with van der Waals surface area (Å²) in [6, 6.07) is 16.6. The Morgan fingerprint density at radius 2 is 1.54 bits per heavy atom. The van der Waals surface area contributed by atoms with Crippen LogP contribution in [0.3, 0.4) is 0 Å². The molecule has 136 valence electrons. The van der Waals surface area contributed by atoms with Gasteiger partial charge in [-0.3, -0.25) is 4.79 Å². The first kappa shape index (κ1) is 17.8. The summed E-state index contributed by atoms with van der Waals surface area (Å²) in [5.41, 5.74) is 0.530. The fourth-order valence-corrected chi connectivity index (χ4v) is 2.89. The van der Waals surface area contributed by atoms with Crippen LogP contribution in [0.4, 0.5) is 4.79 Å². The van der Waals surface area contributed by atoms with E-state index in [0.717, 1.165) is 0 Å². The number of piperazine rings is 1. The number of urea groups is 1. The molecule has 26 heavy (non-hydrogen) atoms. The Kier molecular flexibility index (Phi) is 5.73. The van der Waals surface area contributed by atoms with Crippen LogP contribution in [-0.2, 0) is 0 Å². The maximum atomic E-state index is 12.9. The molecule has 0 saturated carbocycles. The maximum absolute atomic E-state index is 12.9. The summed E-state index contributed by atoms with van der Waals surface area (Å²) in [6.07, 6.45) is 0. The van der Waals surface area contributed by atoms with E-state index in [2.05, 4.69) is 5.32 Å². The van der Waals surface area contributed by atoms with Gasteiger partial charge in [-0.2, -0.15) is 0 Å². The number of carbonyl (C=O) groups excluding carboxylic acids is 2. The van der Waals surface area contributed by atoms with Crippen molar-refractivity contribution in [3.8, 4) is 11.5 Å². The normalized spacial score (nSPS) is 14.0. The molecule has 6 heteroatoms. The Labute approximate surface area is 153 Å². The van der Waals surface area contributed by atoms with E-state index in [1.165, 1.54) is 0 Å². The summed E-state index contributed by atoms with van der Waals surface area (Å²) in [4.78, 5) is 28.3. The van der Waals surface area contributed by atoms with Gasteiger partial charge in [0, 0.05) is 32.7 Å². The summed E-state index contributed by atoms with van der Waals surface area (Å²) in [5.74, 6) is 1.15. The molecule has 1 heterocycles. The van der Waals surface area contributed by atoms with Crippen molar-refractivity contribution >= 4 is 11.9 Å². The molecular weight excluding hydrogens is 330 g/mol. The number of carbonyl (C=O) groups is 2. The largest absolute Gasteiger partial charge is 0.457 e. The number of hydrogen-bond donors (Lipinski definition) is 1. The number of ether oxygens (including phenoxy) is 1. The number of para-hydroxylation sites is 2. The van der Waals surface area contributed by atoms with Crippen molar-refractivity contribution in [1.82, 2.24) is 15.1 Å². The standard InChI is InChI=1S/C20H23N3O3/c1-2-21-20(25)23-14-12-22(13-15-23)19(24)17-10-6-7-11-18(17)26-16-8-4-3-5-9-16/h3-11H,2,12-15H2,1H3,(H,21,25). The third-order valence-electron chi connectivity index (χ3n) is 4.27. The van der Waals surface area contributed by atoms with Gasteiger partial charge in [0.1, 0.15) is 11.5 Å². The molecule has 3 amide bonds. The molecule has 1 saturated heterocycles. The fraction of sp³-hybridized carbons (Fsp3) is 0.300. The first-order chi connectivity index (χ1) is 12.7. The second kappa shape index (κ2) is 8.38. The molecule has 0 atom stereocenters. The van der Waals surface area contributed by atoms with Crippen LogP contribution in [0.25, 0.3) is 0 Å². The van der Waals surface area contributed by atoms with Crippen LogP contribution in [0.1, 0.15) is 17.3 Å². The number of rotatable bonds is 4. The molecule has 0 aliphatic carbocycles. The van der Waals surface area contributed by atoms with Gasteiger partial charge >= 0.3 is 6.03 Å². The minimum absolute atomic E-state index is 0.0765. The van der Waals surface area contributed by atoms with Crippen molar-refractivity contribution in [2.75, 3.05) is 32.7 Å². The molecule has 1 aliphatic heterocycles. The smallest absolute Gasteiger partial charge is 0.317 e. The Balaban J connectivity index is 1.68. The van der Waals surface area contributed by atoms with Crippen molar-refractivity contribution in [3.05, 3.63) is 60.2 Å². The Morgan fingerprint density at radius 1 is 0.923 bits per heavy atom. The van der Waals surface area contributed by atoms with Crippen LogP contribution in [0, 0.1) is 0 Å². The molecule has 1 aliphatic rings. The minimum atomic E-state index is -0.0768. The van der Waals surface area contributed by atoms with Gasteiger partial charge in [0.05, 0.1) is 5.56 Å². The van der Waals surface area contributed by atoms with Gasteiger partial charge in [-0.05, 0) is 31.2 Å². The molecule has 3 rings (SSSR count). The zero-order valence-corrected chi connectivity index (χ0v) is 14.9. The summed E-state index contributed by atoms with van der Waals surface area (Å²) >= 11 is 0. The maximum Gasteiger partial charge on any atom is 0.317 e. The predicted octanol–water partition coefficient (Wildman–Crippen LogP) is 2.97. The van der Waals surface area contributed by atoms with Gasteiger partial charge in [-0.15, -0.1) is 0 Å². The first-order valence-electron chi connectivity index (χ1n) is 8.83. The second-order valence-electron chi connectivity index (χ2n) is 6.03. The van der Waals surface area contributed by atoms with Crippen molar-refractivity contribution in [2.24, 2.45) is 0 Å². The lowest BCUT2D eigenvalue weighted by molar-refractivity contribution is 0.0663. The quantitative estimate of drug-likeness (QED) is 0.919. The molecule has 1 N–H and O–H groups in total. The van der Waals surface area contributed by atoms with Gasteiger partial charge in [0.2, 0.25) is 0 Å². The van der Waals surface area contributed by atoms with E-state index in [1.54, 1.807) is 21.9 Å². The molecule has 0 spiro atoms. The first-order valence-corrected chi connectivity index (χ1v) is 8.83. The molecule has 2 aromatic rings. The molecular formula is C20H23N3O3. The monoisotopic (exact) mass is 353 g/mol. The van der Waals surface area contributed by atoms with Gasteiger partial charge in [0.15, 0.2) is 0 Å². The number of nitrogens with one attached hydrogen (secondary N) is 1. The van der Waals surface area contributed by atoms with Crippen molar-refractivity contribution in [1.29, 1.82) is 0 Å². The fourth-order valence-electron chi connectivity index (χ4n) is 2.89. The average Bonchev–Trinajstić information content (AvgIpc) is 2.69. The van der Waals surface area contributed by atoms with Crippen molar-refractivity contribution in [2.45, 2.75) is 6.92 Å². The highest BCUT2D eigenvalue weighted by molar-refractivity contribution is 5.97. The van der Waals surface area contributed by atoms with E-state index in [1.807, 2.05) is 49.4 Å². The van der Waals surface area contributed by atoms with Gasteiger partial charge < -0.3 is 19.9 Å². The lowest BCUT2D eigenvalue weighted by Crippen LogP contribution is -2.53. The number of amides is 3. The van der Waals surface area contributed by atoms with Gasteiger partial charge in [-0.25, -0.2) is 4.79 Å². The van der Waals surface area contributed by atoms with Crippen LogP contribution in [0.5, 0.6) is 11.5 Å². The predicted molar refractivity (Wildman–Crippen MR) is 99.5 cm³/mol. The van der Waals surface area contributed by atoms with E-state index >= 15 is 0 Å². The van der Waals surface area contributed by atoms with Gasteiger partial charge in [-0.1, -0.05) is 30.3 Å². The molecule has 6 nitrogen and oxygen atoms in total. The Morgan fingerprint density at radius 3 is 2.23 bits per heavy atom. The molecule has 0 unspecified atom stereocenters. The van der Waals surface area contributed by atoms with E-state index in [4.69, 9.17) is 4.74 Å². The third-order valence-corrected chi connectivity index (χ3v) is 4.27. The zero-order chi connectivity index (χ0) is 18.4.